The lowest BCUT2D eigenvalue weighted by molar-refractivity contribution is 0.414. The Labute approximate surface area is 114 Å². The maximum atomic E-state index is 5.64. The van der Waals surface area contributed by atoms with Crippen LogP contribution in [0.1, 0.15) is 16.7 Å². The Bertz CT molecular complexity index is 478. The van der Waals surface area contributed by atoms with Crippen LogP contribution in [0.15, 0.2) is 48.5 Å². The average molecular weight is 256 g/mol. The summed E-state index contributed by atoms with van der Waals surface area (Å²) in [5.41, 5.74) is 9.28. The molecule has 0 amide bonds. The van der Waals surface area contributed by atoms with Gasteiger partial charge in [-0.15, -0.1) is 0 Å². The van der Waals surface area contributed by atoms with Gasteiger partial charge in [0, 0.05) is 19.6 Å². The Morgan fingerprint density at radius 2 is 1.58 bits per heavy atom. The van der Waals surface area contributed by atoms with Crippen LogP contribution in [0.4, 0.5) is 0 Å². The highest BCUT2D eigenvalue weighted by Crippen LogP contribution is 2.12. The lowest BCUT2D eigenvalue weighted by Gasteiger charge is -2.07. The molecule has 2 rings (SSSR count). The van der Waals surface area contributed by atoms with E-state index in [2.05, 4.69) is 23.5 Å². The van der Waals surface area contributed by atoms with Crippen molar-refractivity contribution in [2.75, 3.05) is 7.11 Å². The highest BCUT2D eigenvalue weighted by molar-refractivity contribution is 5.28. The maximum Gasteiger partial charge on any atom is 0.119 e. The summed E-state index contributed by atoms with van der Waals surface area (Å²) in [5.74, 6) is 0.893. The first-order valence-electron chi connectivity index (χ1n) is 6.43. The van der Waals surface area contributed by atoms with Crippen molar-refractivity contribution >= 4 is 0 Å². The van der Waals surface area contributed by atoms with Gasteiger partial charge in [0.2, 0.25) is 0 Å². The van der Waals surface area contributed by atoms with Crippen molar-refractivity contribution in [2.24, 2.45) is 5.73 Å². The molecule has 3 nitrogen and oxygen atoms in total. The second kappa shape index (κ2) is 6.92. The lowest BCUT2D eigenvalue weighted by atomic mass is 10.1. The predicted octanol–water partition coefficient (Wildman–Crippen LogP) is 2.44. The predicted molar refractivity (Wildman–Crippen MR) is 77.9 cm³/mol. The second-order valence-corrected chi connectivity index (χ2v) is 4.48. The molecule has 2 aromatic rings. The van der Waals surface area contributed by atoms with Gasteiger partial charge in [-0.1, -0.05) is 36.4 Å². The summed E-state index contributed by atoms with van der Waals surface area (Å²) in [4.78, 5) is 0. The molecule has 0 aliphatic rings. The second-order valence-electron chi connectivity index (χ2n) is 4.48. The van der Waals surface area contributed by atoms with E-state index in [1.165, 1.54) is 16.7 Å². The molecule has 0 spiro atoms. The van der Waals surface area contributed by atoms with Gasteiger partial charge in [0.1, 0.15) is 5.75 Å². The average Bonchev–Trinajstić information content (AvgIpc) is 2.48. The van der Waals surface area contributed by atoms with Gasteiger partial charge in [0.25, 0.3) is 0 Å². The van der Waals surface area contributed by atoms with Crippen LogP contribution in [0, 0.1) is 0 Å². The summed E-state index contributed by atoms with van der Waals surface area (Å²) in [7, 11) is 1.69. The van der Waals surface area contributed by atoms with Crippen LogP contribution in [0.2, 0.25) is 0 Å². The first kappa shape index (κ1) is 13.6. The Morgan fingerprint density at radius 1 is 0.947 bits per heavy atom. The Kier molecular flexibility index (Phi) is 4.95. The molecule has 0 saturated carbocycles. The molecule has 0 saturated heterocycles. The number of nitrogens with one attached hydrogen (secondary N) is 1. The molecule has 0 aromatic heterocycles. The smallest absolute Gasteiger partial charge is 0.119 e. The minimum absolute atomic E-state index is 0.587. The summed E-state index contributed by atoms with van der Waals surface area (Å²) in [6.45, 7) is 2.25. The number of hydrogen-bond acceptors (Lipinski definition) is 3. The van der Waals surface area contributed by atoms with Crippen LogP contribution in [0.25, 0.3) is 0 Å². The molecule has 3 N–H and O–H groups in total. The van der Waals surface area contributed by atoms with E-state index in [0.29, 0.717) is 6.54 Å². The van der Waals surface area contributed by atoms with Gasteiger partial charge < -0.3 is 15.8 Å². The van der Waals surface area contributed by atoms with Gasteiger partial charge in [-0.2, -0.15) is 0 Å². The molecule has 3 heteroatoms. The summed E-state index contributed by atoms with van der Waals surface area (Å²) in [6.07, 6.45) is 0. The van der Waals surface area contributed by atoms with Crippen LogP contribution < -0.4 is 15.8 Å². The molecule has 0 unspecified atom stereocenters. The first-order chi connectivity index (χ1) is 9.31. The Hall–Kier alpha value is -1.84. The highest BCUT2D eigenvalue weighted by atomic mass is 16.5. The zero-order valence-electron chi connectivity index (χ0n) is 11.2. The SMILES string of the molecule is COc1cccc(CNCc2cccc(CN)c2)c1. The molecule has 0 fully saturated rings. The minimum Gasteiger partial charge on any atom is -0.497 e. The van der Waals surface area contributed by atoms with Crippen molar-refractivity contribution in [3.05, 3.63) is 65.2 Å². The van der Waals surface area contributed by atoms with E-state index in [9.17, 15) is 0 Å². The molecule has 2 aromatic carbocycles. The zero-order chi connectivity index (χ0) is 13.5. The monoisotopic (exact) mass is 256 g/mol. The third-order valence-corrected chi connectivity index (χ3v) is 3.02. The van der Waals surface area contributed by atoms with Gasteiger partial charge in [-0.25, -0.2) is 0 Å². The van der Waals surface area contributed by atoms with Crippen molar-refractivity contribution in [1.29, 1.82) is 0 Å². The molecule has 0 aliphatic heterocycles. The van der Waals surface area contributed by atoms with Gasteiger partial charge in [-0.05, 0) is 28.8 Å². The molecule has 0 atom stereocenters. The molecule has 19 heavy (non-hydrogen) atoms. The fourth-order valence-electron chi connectivity index (χ4n) is 2.00. The molecule has 100 valence electrons. The molecular weight excluding hydrogens is 236 g/mol. The Balaban J connectivity index is 1.88. The number of ether oxygens (including phenoxy) is 1. The van der Waals surface area contributed by atoms with Gasteiger partial charge in [-0.3, -0.25) is 0 Å². The van der Waals surface area contributed by atoms with Crippen molar-refractivity contribution in [3.8, 4) is 5.75 Å². The summed E-state index contributed by atoms with van der Waals surface area (Å²) >= 11 is 0. The van der Waals surface area contributed by atoms with E-state index >= 15 is 0 Å². The van der Waals surface area contributed by atoms with Gasteiger partial charge in [0.05, 0.1) is 7.11 Å². The van der Waals surface area contributed by atoms with Crippen molar-refractivity contribution in [1.82, 2.24) is 5.32 Å². The van der Waals surface area contributed by atoms with Crippen LogP contribution >= 0.6 is 0 Å². The highest BCUT2D eigenvalue weighted by Gasteiger charge is 1.97. The maximum absolute atomic E-state index is 5.64. The van der Waals surface area contributed by atoms with Crippen molar-refractivity contribution < 1.29 is 4.74 Å². The van der Waals surface area contributed by atoms with Gasteiger partial charge in [0.15, 0.2) is 0 Å². The van der Waals surface area contributed by atoms with Crippen LogP contribution in [-0.4, -0.2) is 7.11 Å². The fourth-order valence-corrected chi connectivity index (χ4v) is 2.00. The quantitative estimate of drug-likeness (QED) is 0.834. The third kappa shape index (κ3) is 4.09. The van der Waals surface area contributed by atoms with E-state index < -0.39 is 0 Å². The molecule has 0 radical (unpaired) electrons. The minimum atomic E-state index is 0.587. The number of rotatable bonds is 6. The standard InChI is InChI=1S/C16H20N2O/c1-19-16-7-3-6-15(9-16)12-18-11-14-5-2-4-13(8-14)10-17/h2-9,18H,10-12,17H2,1H3. The summed E-state index contributed by atoms with van der Waals surface area (Å²) in [6, 6.07) is 16.4. The number of benzene rings is 2. The van der Waals surface area contributed by atoms with Gasteiger partial charge >= 0.3 is 0 Å². The number of nitrogens with two attached hydrogens (primary N) is 1. The summed E-state index contributed by atoms with van der Waals surface area (Å²) in [5, 5.41) is 3.42. The molecule has 0 bridgehead atoms. The largest absolute Gasteiger partial charge is 0.497 e. The number of methoxy groups -OCH3 is 1. The van der Waals surface area contributed by atoms with E-state index in [4.69, 9.17) is 10.5 Å². The molecule has 0 aliphatic carbocycles. The first-order valence-corrected chi connectivity index (χ1v) is 6.43. The summed E-state index contributed by atoms with van der Waals surface area (Å²) < 4.78 is 5.21. The number of hydrogen-bond donors (Lipinski definition) is 2. The lowest BCUT2D eigenvalue weighted by Crippen LogP contribution is -2.13. The molecular formula is C16H20N2O. The third-order valence-electron chi connectivity index (χ3n) is 3.02. The topological polar surface area (TPSA) is 47.3 Å². The van der Waals surface area contributed by atoms with Crippen molar-refractivity contribution in [3.63, 3.8) is 0 Å². The van der Waals surface area contributed by atoms with E-state index in [-0.39, 0.29) is 0 Å². The van der Waals surface area contributed by atoms with E-state index in [0.717, 1.165) is 18.8 Å². The van der Waals surface area contributed by atoms with Crippen LogP contribution in [-0.2, 0) is 19.6 Å². The van der Waals surface area contributed by atoms with Crippen LogP contribution in [0.5, 0.6) is 5.75 Å². The molecule has 0 heterocycles. The van der Waals surface area contributed by atoms with Crippen LogP contribution in [0.3, 0.4) is 0 Å². The fraction of sp³-hybridized carbons (Fsp3) is 0.250. The normalized spacial score (nSPS) is 10.4. The zero-order valence-corrected chi connectivity index (χ0v) is 11.2. The van der Waals surface area contributed by atoms with E-state index in [1.807, 2.05) is 30.3 Å². The van der Waals surface area contributed by atoms with Crippen molar-refractivity contribution in [2.45, 2.75) is 19.6 Å². The van der Waals surface area contributed by atoms with E-state index in [1.54, 1.807) is 7.11 Å². The Morgan fingerprint density at radius 3 is 2.26 bits per heavy atom.